The zero-order chi connectivity index (χ0) is 17.9. The van der Waals surface area contributed by atoms with Crippen LogP contribution in [0.1, 0.15) is 15.2 Å². The molecule has 0 aliphatic heterocycles. The van der Waals surface area contributed by atoms with E-state index < -0.39 is 0 Å². The number of aromatic nitrogens is 1. The molecule has 1 N–H and O–H groups in total. The minimum Gasteiger partial charge on any atom is -0.322 e. The highest BCUT2D eigenvalue weighted by Gasteiger charge is 2.20. The highest BCUT2D eigenvalue weighted by atomic mass is 32.1. The lowest BCUT2D eigenvalue weighted by molar-refractivity contribution is 0.103. The van der Waals surface area contributed by atoms with E-state index in [0.29, 0.717) is 4.88 Å². The van der Waals surface area contributed by atoms with Gasteiger partial charge < -0.3 is 9.88 Å². The molecule has 0 fully saturated rings. The summed E-state index contributed by atoms with van der Waals surface area (Å²) in [7, 11) is 0. The smallest absolute Gasteiger partial charge is 0.267 e. The van der Waals surface area contributed by atoms with Gasteiger partial charge in [-0.3, -0.25) is 4.79 Å². The summed E-state index contributed by atoms with van der Waals surface area (Å²) in [6.07, 6.45) is 3.94. The van der Waals surface area contributed by atoms with Gasteiger partial charge in [0.2, 0.25) is 0 Å². The van der Waals surface area contributed by atoms with Crippen molar-refractivity contribution in [1.29, 1.82) is 0 Å². The Kier molecular flexibility index (Phi) is 4.42. The van der Waals surface area contributed by atoms with Crippen molar-refractivity contribution in [2.24, 2.45) is 0 Å². The lowest BCUT2D eigenvalue weighted by atomic mass is 10.0. The van der Waals surface area contributed by atoms with Crippen LogP contribution in [-0.4, -0.2) is 10.5 Å². The normalized spacial score (nSPS) is 10.7. The number of carbonyl (C=O) groups excluding carboxylic acids is 1. The highest BCUT2D eigenvalue weighted by Crippen LogP contribution is 2.35. The fraction of sp³-hybridized carbons (Fsp3) is 0.0455. The highest BCUT2D eigenvalue weighted by molar-refractivity contribution is 7.13. The summed E-state index contributed by atoms with van der Waals surface area (Å²) in [5.41, 5.74) is 5.09. The number of hydrogen-bond acceptors (Lipinski definition) is 2. The lowest BCUT2D eigenvalue weighted by Gasteiger charge is -2.10. The van der Waals surface area contributed by atoms with E-state index in [1.54, 1.807) is 0 Å². The van der Waals surface area contributed by atoms with E-state index in [4.69, 9.17) is 0 Å². The minimum atomic E-state index is -0.0942. The maximum Gasteiger partial charge on any atom is 0.267 e. The Morgan fingerprint density at radius 1 is 0.923 bits per heavy atom. The van der Waals surface area contributed by atoms with Crippen LogP contribution in [0.5, 0.6) is 0 Å². The maximum absolute atomic E-state index is 12.9. The fourth-order valence-corrected chi connectivity index (χ4v) is 3.87. The SMILES string of the molecule is Cc1ccc(-c2csc(C(=O)Nc3ccccc3)c2-n2cccc2)cc1. The molecule has 0 aliphatic rings. The van der Waals surface area contributed by atoms with Gasteiger partial charge in [0.25, 0.3) is 5.91 Å². The standard InChI is InChI=1S/C22H18N2OS/c1-16-9-11-17(12-10-16)19-15-26-21(20(19)24-13-5-6-14-24)22(25)23-18-7-3-2-4-8-18/h2-15H,1H3,(H,23,25). The fourth-order valence-electron chi connectivity index (χ4n) is 2.90. The molecule has 128 valence electrons. The molecule has 4 rings (SSSR count). The summed E-state index contributed by atoms with van der Waals surface area (Å²) in [6.45, 7) is 2.07. The minimum absolute atomic E-state index is 0.0942. The van der Waals surface area contributed by atoms with Gasteiger partial charge in [-0.1, -0.05) is 48.0 Å². The molecule has 2 heterocycles. The number of rotatable bonds is 4. The van der Waals surface area contributed by atoms with Crippen LogP contribution in [0.15, 0.2) is 84.5 Å². The molecule has 0 atom stereocenters. The molecule has 0 radical (unpaired) electrons. The zero-order valence-corrected chi connectivity index (χ0v) is 15.2. The molecule has 4 heteroatoms. The molecule has 0 bridgehead atoms. The van der Waals surface area contributed by atoms with Crippen molar-refractivity contribution in [3.8, 4) is 16.8 Å². The second kappa shape index (κ2) is 7.02. The number of nitrogens with zero attached hydrogens (tertiary/aromatic N) is 1. The molecule has 26 heavy (non-hydrogen) atoms. The van der Waals surface area contributed by atoms with E-state index >= 15 is 0 Å². The molecule has 2 aromatic heterocycles. The Hall–Kier alpha value is -3.11. The summed E-state index contributed by atoms with van der Waals surface area (Å²) in [5, 5.41) is 5.05. The maximum atomic E-state index is 12.9. The van der Waals surface area contributed by atoms with E-state index in [1.807, 2.05) is 59.4 Å². The number of aryl methyl sites for hydroxylation is 1. The third-order valence-corrected chi connectivity index (χ3v) is 5.20. The third kappa shape index (κ3) is 3.19. The number of nitrogens with one attached hydrogen (secondary N) is 1. The average Bonchev–Trinajstić information content (AvgIpc) is 3.32. The number of amides is 1. The monoisotopic (exact) mass is 358 g/mol. The average molecular weight is 358 g/mol. The Labute approximate surface area is 156 Å². The molecule has 0 saturated carbocycles. The molecule has 4 aromatic rings. The van der Waals surface area contributed by atoms with Crippen LogP contribution < -0.4 is 5.32 Å². The third-order valence-electron chi connectivity index (χ3n) is 4.23. The van der Waals surface area contributed by atoms with Crippen LogP contribution >= 0.6 is 11.3 Å². The summed E-state index contributed by atoms with van der Waals surface area (Å²) >= 11 is 1.47. The Morgan fingerprint density at radius 2 is 1.62 bits per heavy atom. The summed E-state index contributed by atoms with van der Waals surface area (Å²) in [4.78, 5) is 13.6. The number of para-hydroxylation sites is 1. The Morgan fingerprint density at radius 3 is 2.31 bits per heavy atom. The summed E-state index contributed by atoms with van der Waals surface area (Å²) in [5.74, 6) is -0.0942. The van der Waals surface area contributed by atoms with Crippen molar-refractivity contribution >= 4 is 22.9 Å². The van der Waals surface area contributed by atoms with Gasteiger partial charge in [0, 0.05) is 29.0 Å². The lowest BCUT2D eigenvalue weighted by Crippen LogP contribution is -2.12. The van der Waals surface area contributed by atoms with Crippen molar-refractivity contribution < 1.29 is 4.79 Å². The van der Waals surface area contributed by atoms with Crippen molar-refractivity contribution in [3.63, 3.8) is 0 Å². The van der Waals surface area contributed by atoms with Crippen LogP contribution in [0.2, 0.25) is 0 Å². The van der Waals surface area contributed by atoms with E-state index in [9.17, 15) is 4.79 Å². The summed E-state index contributed by atoms with van der Waals surface area (Å²) < 4.78 is 2.01. The van der Waals surface area contributed by atoms with Crippen LogP contribution in [0.3, 0.4) is 0 Å². The molecule has 0 spiro atoms. The van der Waals surface area contributed by atoms with E-state index in [1.165, 1.54) is 16.9 Å². The van der Waals surface area contributed by atoms with Gasteiger partial charge in [-0.2, -0.15) is 0 Å². The Bertz CT molecular complexity index is 1020. The van der Waals surface area contributed by atoms with E-state index in [2.05, 4.69) is 41.9 Å². The second-order valence-electron chi connectivity index (χ2n) is 6.10. The first-order valence-corrected chi connectivity index (χ1v) is 9.28. The largest absolute Gasteiger partial charge is 0.322 e. The molecule has 0 unspecified atom stereocenters. The molecular weight excluding hydrogens is 340 g/mol. The van der Waals surface area contributed by atoms with Crippen molar-refractivity contribution in [2.75, 3.05) is 5.32 Å². The predicted octanol–water partition coefficient (Wildman–Crippen LogP) is 5.77. The van der Waals surface area contributed by atoms with Gasteiger partial charge >= 0.3 is 0 Å². The molecule has 0 saturated heterocycles. The number of benzene rings is 2. The molecule has 1 amide bonds. The molecule has 2 aromatic carbocycles. The van der Waals surface area contributed by atoms with Gasteiger partial charge in [-0.15, -0.1) is 11.3 Å². The van der Waals surface area contributed by atoms with Crippen LogP contribution in [0.4, 0.5) is 5.69 Å². The van der Waals surface area contributed by atoms with Gasteiger partial charge in [0.15, 0.2) is 0 Å². The molecule has 3 nitrogen and oxygen atoms in total. The second-order valence-corrected chi connectivity index (χ2v) is 6.98. The van der Waals surface area contributed by atoms with Crippen molar-refractivity contribution in [1.82, 2.24) is 4.57 Å². The van der Waals surface area contributed by atoms with Gasteiger partial charge in [-0.25, -0.2) is 0 Å². The van der Waals surface area contributed by atoms with Crippen LogP contribution in [0, 0.1) is 6.92 Å². The molecule has 0 aliphatic carbocycles. The van der Waals surface area contributed by atoms with Crippen molar-refractivity contribution in [3.05, 3.63) is 94.9 Å². The number of hydrogen-bond donors (Lipinski definition) is 1. The topological polar surface area (TPSA) is 34.0 Å². The van der Waals surface area contributed by atoms with Gasteiger partial charge in [-0.05, 0) is 36.8 Å². The van der Waals surface area contributed by atoms with E-state index in [-0.39, 0.29) is 5.91 Å². The van der Waals surface area contributed by atoms with Gasteiger partial charge in [0.05, 0.1) is 5.69 Å². The van der Waals surface area contributed by atoms with Crippen molar-refractivity contribution in [2.45, 2.75) is 6.92 Å². The first-order valence-electron chi connectivity index (χ1n) is 8.40. The van der Waals surface area contributed by atoms with Crippen LogP contribution in [-0.2, 0) is 0 Å². The Balaban J connectivity index is 1.78. The predicted molar refractivity (Wildman–Crippen MR) is 108 cm³/mol. The number of thiophene rings is 1. The summed E-state index contributed by atoms with van der Waals surface area (Å²) in [6, 6.07) is 21.9. The molecular formula is C22H18N2OS. The van der Waals surface area contributed by atoms with Gasteiger partial charge in [0.1, 0.15) is 4.88 Å². The number of anilines is 1. The van der Waals surface area contributed by atoms with E-state index in [0.717, 1.165) is 22.5 Å². The first-order chi connectivity index (χ1) is 12.7. The quantitative estimate of drug-likeness (QED) is 0.494. The zero-order valence-electron chi connectivity index (χ0n) is 14.3. The van der Waals surface area contributed by atoms with Crippen LogP contribution in [0.25, 0.3) is 16.8 Å². The first kappa shape index (κ1) is 16.4. The number of carbonyl (C=O) groups is 1.